The van der Waals surface area contributed by atoms with Crippen molar-refractivity contribution in [3.8, 4) is 0 Å². The molecule has 2 N–H and O–H groups in total. The van der Waals surface area contributed by atoms with Crippen LogP contribution in [-0.2, 0) is 17.7 Å². The Kier molecular flexibility index (Phi) is 8.05. The Morgan fingerprint density at radius 3 is 2.79 bits per heavy atom. The summed E-state index contributed by atoms with van der Waals surface area (Å²) < 4.78 is 5.07. The van der Waals surface area contributed by atoms with Crippen molar-refractivity contribution in [2.45, 2.75) is 38.8 Å². The summed E-state index contributed by atoms with van der Waals surface area (Å²) >= 11 is 0. The topological polar surface area (TPSA) is 48.9 Å². The van der Waals surface area contributed by atoms with Crippen LogP contribution in [0.15, 0.2) is 29.3 Å². The van der Waals surface area contributed by atoms with E-state index in [-0.39, 0.29) is 0 Å². The van der Waals surface area contributed by atoms with Crippen molar-refractivity contribution in [2.75, 3.05) is 40.4 Å². The highest BCUT2D eigenvalue weighted by Crippen LogP contribution is 2.21. The van der Waals surface area contributed by atoms with Gasteiger partial charge in [0.25, 0.3) is 0 Å². The summed E-state index contributed by atoms with van der Waals surface area (Å²) in [4.78, 5) is 6.90. The Bertz CT molecular complexity index is 518. The smallest absolute Gasteiger partial charge is 0.191 e. The maximum absolute atomic E-state index is 5.07. The Balaban J connectivity index is 1.81. The highest BCUT2D eigenvalue weighted by molar-refractivity contribution is 5.79. The van der Waals surface area contributed by atoms with Gasteiger partial charge in [0, 0.05) is 53.0 Å². The molecule has 1 aliphatic heterocycles. The van der Waals surface area contributed by atoms with Gasteiger partial charge in [-0.05, 0) is 30.4 Å². The van der Waals surface area contributed by atoms with E-state index in [2.05, 4.69) is 51.7 Å². The summed E-state index contributed by atoms with van der Waals surface area (Å²) in [6.07, 6.45) is 3.27. The van der Waals surface area contributed by atoms with E-state index in [4.69, 9.17) is 4.74 Å². The quantitative estimate of drug-likeness (QED) is 0.434. The van der Waals surface area contributed by atoms with Gasteiger partial charge < -0.3 is 15.4 Å². The van der Waals surface area contributed by atoms with Crippen LogP contribution in [0.5, 0.6) is 0 Å². The molecule has 0 saturated carbocycles. The van der Waals surface area contributed by atoms with Gasteiger partial charge in [0.1, 0.15) is 0 Å². The number of hydrogen-bond acceptors (Lipinski definition) is 3. The first-order chi connectivity index (χ1) is 11.8. The number of hydrogen-bond donors (Lipinski definition) is 2. The van der Waals surface area contributed by atoms with Crippen LogP contribution in [0.1, 0.15) is 30.9 Å². The monoisotopic (exact) mass is 332 g/mol. The molecule has 5 heteroatoms. The molecule has 1 aliphatic rings. The predicted octanol–water partition coefficient (Wildman–Crippen LogP) is 2.02. The van der Waals surface area contributed by atoms with E-state index in [1.165, 1.54) is 11.1 Å². The van der Waals surface area contributed by atoms with Crippen LogP contribution in [0.25, 0.3) is 0 Å². The number of fused-ring (bicyclic) bond motifs is 1. The summed E-state index contributed by atoms with van der Waals surface area (Å²) in [6, 6.07) is 9.34. The fourth-order valence-corrected chi connectivity index (χ4v) is 3.22. The lowest BCUT2D eigenvalue weighted by Gasteiger charge is -2.35. The standard InChI is InChI=1S/C19H32N4O/c1-4-18(14-22-19(20-2)21-11-7-13-24-3)23-12-10-16-8-5-6-9-17(16)15-23/h5-6,8-9,18H,4,7,10-15H2,1-3H3,(H2,20,21,22). The predicted molar refractivity (Wildman–Crippen MR) is 100 cm³/mol. The second-order valence-corrected chi connectivity index (χ2v) is 6.28. The van der Waals surface area contributed by atoms with Crippen LogP contribution in [-0.4, -0.2) is 57.3 Å². The fourth-order valence-electron chi connectivity index (χ4n) is 3.22. The van der Waals surface area contributed by atoms with Crippen LogP contribution in [0.4, 0.5) is 0 Å². The van der Waals surface area contributed by atoms with E-state index in [0.29, 0.717) is 6.04 Å². The number of benzene rings is 1. The molecule has 1 aromatic rings. The Morgan fingerprint density at radius 2 is 2.08 bits per heavy atom. The normalized spacial score (nSPS) is 16.5. The zero-order valence-electron chi connectivity index (χ0n) is 15.3. The molecule has 0 fully saturated rings. The van der Waals surface area contributed by atoms with Gasteiger partial charge in [-0.1, -0.05) is 31.2 Å². The van der Waals surface area contributed by atoms with E-state index >= 15 is 0 Å². The first kappa shape index (κ1) is 18.7. The number of nitrogens with one attached hydrogen (secondary N) is 2. The Morgan fingerprint density at radius 1 is 1.29 bits per heavy atom. The molecule has 0 spiro atoms. The molecule has 1 atom stereocenters. The lowest BCUT2D eigenvalue weighted by Crippen LogP contribution is -2.48. The molecule has 134 valence electrons. The minimum atomic E-state index is 0.524. The lowest BCUT2D eigenvalue weighted by molar-refractivity contribution is 0.174. The van der Waals surface area contributed by atoms with Crippen LogP contribution < -0.4 is 10.6 Å². The number of nitrogens with zero attached hydrogens (tertiary/aromatic N) is 2. The van der Waals surface area contributed by atoms with Crippen molar-refractivity contribution in [1.82, 2.24) is 15.5 Å². The van der Waals surface area contributed by atoms with Gasteiger partial charge in [-0.3, -0.25) is 9.89 Å². The minimum absolute atomic E-state index is 0.524. The molecule has 0 bridgehead atoms. The van der Waals surface area contributed by atoms with E-state index in [1.807, 2.05) is 7.05 Å². The van der Waals surface area contributed by atoms with Gasteiger partial charge in [-0.15, -0.1) is 0 Å². The molecule has 1 aromatic carbocycles. The number of aliphatic imine (C=N–C) groups is 1. The van der Waals surface area contributed by atoms with Gasteiger partial charge >= 0.3 is 0 Å². The maximum Gasteiger partial charge on any atom is 0.191 e. The van der Waals surface area contributed by atoms with Crippen molar-refractivity contribution in [1.29, 1.82) is 0 Å². The fraction of sp³-hybridized carbons (Fsp3) is 0.632. The molecule has 0 saturated heterocycles. The van der Waals surface area contributed by atoms with Gasteiger partial charge in [-0.25, -0.2) is 0 Å². The molecule has 0 aliphatic carbocycles. The van der Waals surface area contributed by atoms with Crippen molar-refractivity contribution >= 4 is 5.96 Å². The number of rotatable bonds is 8. The first-order valence-electron chi connectivity index (χ1n) is 9.02. The zero-order chi connectivity index (χ0) is 17.2. The van der Waals surface area contributed by atoms with E-state index in [9.17, 15) is 0 Å². The van der Waals surface area contributed by atoms with Crippen LogP contribution >= 0.6 is 0 Å². The van der Waals surface area contributed by atoms with Crippen LogP contribution in [0.2, 0.25) is 0 Å². The van der Waals surface area contributed by atoms with E-state index in [0.717, 1.165) is 58.0 Å². The van der Waals surface area contributed by atoms with Crippen molar-refractivity contribution < 1.29 is 4.74 Å². The Labute approximate surface area is 146 Å². The van der Waals surface area contributed by atoms with Crippen LogP contribution in [0, 0.1) is 0 Å². The highest BCUT2D eigenvalue weighted by Gasteiger charge is 2.22. The number of ether oxygens (including phenoxy) is 1. The SMILES string of the molecule is CCC(CNC(=NC)NCCCOC)N1CCc2ccccc2C1. The van der Waals surface area contributed by atoms with Gasteiger partial charge in [0.05, 0.1) is 0 Å². The summed E-state index contributed by atoms with van der Waals surface area (Å²) in [6.45, 7) is 7.02. The largest absolute Gasteiger partial charge is 0.385 e. The second kappa shape index (κ2) is 10.3. The molecule has 0 radical (unpaired) electrons. The van der Waals surface area contributed by atoms with Gasteiger partial charge in [-0.2, -0.15) is 0 Å². The first-order valence-corrected chi connectivity index (χ1v) is 9.02. The maximum atomic E-state index is 5.07. The average molecular weight is 332 g/mol. The summed E-state index contributed by atoms with van der Waals surface area (Å²) in [5.41, 5.74) is 2.98. The van der Waals surface area contributed by atoms with Gasteiger partial charge in [0.2, 0.25) is 0 Å². The molecular weight excluding hydrogens is 300 g/mol. The molecular formula is C19H32N4O. The molecule has 5 nitrogen and oxygen atoms in total. The number of methoxy groups -OCH3 is 1. The van der Waals surface area contributed by atoms with E-state index < -0.39 is 0 Å². The van der Waals surface area contributed by atoms with Crippen molar-refractivity contribution in [2.24, 2.45) is 4.99 Å². The van der Waals surface area contributed by atoms with Gasteiger partial charge in [0.15, 0.2) is 5.96 Å². The average Bonchev–Trinajstić information content (AvgIpc) is 2.63. The minimum Gasteiger partial charge on any atom is -0.385 e. The van der Waals surface area contributed by atoms with E-state index in [1.54, 1.807) is 7.11 Å². The Hall–Kier alpha value is -1.59. The molecule has 0 aromatic heterocycles. The van der Waals surface area contributed by atoms with Crippen molar-refractivity contribution in [3.63, 3.8) is 0 Å². The molecule has 24 heavy (non-hydrogen) atoms. The highest BCUT2D eigenvalue weighted by atomic mass is 16.5. The number of guanidine groups is 1. The van der Waals surface area contributed by atoms with Crippen LogP contribution in [0.3, 0.4) is 0 Å². The summed E-state index contributed by atoms with van der Waals surface area (Å²) in [5, 5.41) is 6.82. The third-order valence-corrected chi connectivity index (χ3v) is 4.69. The van der Waals surface area contributed by atoms with Crippen molar-refractivity contribution in [3.05, 3.63) is 35.4 Å². The molecule has 1 unspecified atom stereocenters. The molecule has 0 amide bonds. The molecule has 2 rings (SSSR count). The zero-order valence-corrected chi connectivity index (χ0v) is 15.3. The third-order valence-electron chi connectivity index (χ3n) is 4.69. The second-order valence-electron chi connectivity index (χ2n) is 6.28. The summed E-state index contributed by atoms with van der Waals surface area (Å²) in [7, 11) is 3.55. The summed E-state index contributed by atoms with van der Waals surface area (Å²) in [5.74, 6) is 0.877. The lowest BCUT2D eigenvalue weighted by atomic mass is 9.98. The third kappa shape index (κ3) is 5.49. The molecule has 1 heterocycles.